The van der Waals surface area contributed by atoms with Crippen LogP contribution in [0.4, 0.5) is 18.0 Å². The van der Waals surface area contributed by atoms with Gasteiger partial charge in [-0.2, -0.15) is 13.2 Å². The van der Waals surface area contributed by atoms with Crippen molar-refractivity contribution in [2.75, 3.05) is 20.2 Å². The van der Waals surface area contributed by atoms with E-state index in [1.165, 1.54) is 12.8 Å². The SMILES string of the molecule is COC(=O)N1CCc2c(nc(C)n2[C@H]2C[C@H]3CC[C@@H](C2)N3CC[C@H](NC(=O)CC(F)(F)F)c2ccccc2)C1. The van der Waals surface area contributed by atoms with Gasteiger partial charge in [0.2, 0.25) is 5.91 Å². The Morgan fingerprint density at radius 1 is 1.13 bits per heavy atom. The van der Waals surface area contributed by atoms with Crippen molar-refractivity contribution < 1.29 is 27.5 Å². The van der Waals surface area contributed by atoms with Crippen molar-refractivity contribution in [1.82, 2.24) is 24.7 Å². The number of hydrogen-bond acceptors (Lipinski definition) is 5. The second-order valence-electron chi connectivity index (χ2n) is 10.9. The Balaban J connectivity index is 1.25. The number of amides is 2. The summed E-state index contributed by atoms with van der Waals surface area (Å²) in [6.45, 7) is 3.81. The molecule has 5 rings (SSSR count). The minimum atomic E-state index is -4.53. The first-order valence-electron chi connectivity index (χ1n) is 13.7. The van der Waals surface area contributed by atoms with Crippen molar-refractivity contribution in [3.63, 3.8) is 0 Å². The summed E-state index contributed by atoms with van der Waals surface area (Å²) in [4.78, 5) is 33.2. The molecule has 0 saturated carbocycles. The fourth-order valence-electron chi connectivity index (χ4n) is 6.84. The summed E-state index contributed by atoms with van der Waals surface area (Å²) >= 11 is 0. The molecule has 212 valence electrons. The lowest BCUT2D eigenvalue weighted by molar-refractivity contribution is -0.154. The van der Waals surface area contributed by atoms with E-state index in [9.17, 15) is 22.8 Å². The number of imidazole rings is 1. The predicted molar refractivity (Wildman–Crippen MR) is 138 cm³/mol. The number of nitrogens with zero attached hydrogens (tertiary/aromatic N) is 4. The number of methoxy groups -OCH3 is 1. The lowest BCUT2D eigenvalue weighted by Gasteiger charge is -2.41. The van der Waals surface area contributed by atoms with Gasteiger partial charge in [-0.25, -0.2) is 9.78 Å². The molecule has 4 atom stereocenters. The summed E-state index contributed by atoms with van der Waals surface area (Å²) in [5, 5.41) is 2.63. The Labute approximate surface area is 226 Å². The number of rotatable bonds is 7. The molecule has 0 radical (unpaired) electrons. The minimum absolute atomic E-state index is 0.330. The zero-order chi connectivity index (χ0) is 27.7. The second-order valence-corrected chi connectivity index (χ2v) is 10.9. The van der Waals surface area contributed by atoms with E-state index in [2.05, 4.69) is 14.8 Å². The van der Waals surface area contributed by atoms with Crippen molar-refractivity contribution >= 4 is 12.0 Å². The number of hydrogen-bond donors (Lipinski definition) is 1. The standard InChI is InChI=1S/C28H36F3N5O3/c1-18-32-24-17-34(27(38)39-2)12-11-25(24)36(18)22-14-20-8-9-21(15-22)35(20)13-10-23(19-6-4-3-5-7-19)33-26(37)16-28(29,30)31/h3-7,20-23H,8-17H2,1-2H3,(H,33,37)/t20-,21+,22+,23-/m0/s1. The molecule has 2 amide bonds. The van der Waals surface area contributed by atoms with Crippen LogP contribution < -0.4 is 5.32 Å². The molecule has 2 bridgehead atoms. The summed E-state index contributed by atoms with van der Waals surface area (Å²) in [5.41, 5.74) is 2.97. The molecular weight excluding hydrogens is 511 g/mol. The van der Waals surface area contributed by atoms with Crippen LogP contribution in [-0.4, -0.2) is 69.8 Å². The number of fused-ring (bicyclic) bond motifs is 3. The minimum Gasteiger partial charge on any atom is -0.453 e. The average Bonchev–Trinajstić information content (AvgIpc) is 3.35. The molecule has 0 aliphatic carbocycles. The highest BCUT2D eigenvalue weighted by atomic mass is 19.4. The number of aryl methyl sites for hydroxylation is 1. The van der Waals surface area contributed by atoms with Crippen molar-refractivity contribution in [3.8, 4) is 0 Å². The van der Waals surface area contributed by atoms with Crippen LogP contribution in [0.2, 0.25) is 0 Å². The summed E-state index contributed by atoms with van der Waals surface area (Å²) < 4.78 is 45.7. The predicted octanol–water partition coefficient (Wildman–Crippen LogP) is 4.68. The van der Waals surface area contributed by atoms with Gasteiger partial charge in [0.05, 0.1) is 25.4 Å². The quantitative estimate of drug-likeness (QED) is 0.545. The van der Waals surface area contributed by atoms with E-state index in [1.54, 1.807) is 4.90 Å². The maximum atomic E-state index is 12.8. The fraction of sp³-hybridized carbons (Fsp3) is 0.607. The highest BCUT2D eigenvalue weighted by Gasteiger charge is 2.43. The van der Waals surface area contributed by atoms with Crippen LogP contribution >= 0.6 is 0 Å². The van der Waals surface area contributed by atoms with Crippen LogP contribution in [0.3, 0.4) is 0 Å². The molecule has 0 spiro atoms. The number of piperidine rings is 1. The van der Waals surface area contributed by atoms with E-state index in [1.807, 2.05) is 37.3 Å². The molecule has 3 aliphatic heterocycles. The third-order valence-electron chi connectivity index (χ3n) is 8.46. The van der Waals surface area contributed by atoms with Crippen LogP contribution in [0.1, 0.15) is 73.4 Å². The summed E-state index contributed by atoms with van der Waals surface area (Å²) in [7, 11) is 1.39. The largest absolute Gasteiger partial charge is 0.453 e. The number of halogens is 3. The third-order valence-corrected chi connectivity index (χ3v) is 8.46. The van der Waals surface area contributed by atoms with E-state index in [-0.39, 0.29) is 6.09 Å². The lowest BCUT2D eigenvalue weighted by Crippen LogP contribution is -2.45. The number of carbonyl (C=O) groups excluding carboxylic acids is 2. The first kappa shape index (κ1) is 27.5. The summed E-state index contributed by atoms with van der Waals surface area (Å²) in [6, 6.07) is 9.85. The Morgan fingerprint density at radius 2 is 1.82 bits per heavy atom. The molecule has 1 N–H and O–H groups in total. The van der Waals surface area contributed by atoms with Crippen LogP contribution in [0, 0.1) is 6.92 Å². The van der Waals surface area contributed by atoms with Crippen molar-refractivity contribution in [3.05, 3.63) is 53.1 Å². The van der Waals surface area contributed by atoms with Crippen molar-refractivity contribution in [2.24, 2.45) is 0 Å². The highest BCUT2D eigenvalue weighted by Crippen LogP contribution is 2.43. The second kappa shape index (κ2) is 11.2. The summed E-state index contributed by atoms with van der Waals surface area (Å²) in [5.74, 6) is -0.0229. The molecule has 1 aromatic carbocycles. The molecule has 3 aliphatic rings. The number of benzene rings is 1. The van der Waals surface area contributed by atoms with Gasteiger partial charge < -0.3 is 19.5 Å². The Kier molecular flexibility index (Phi) is 7.89. The van der Waals surface area contributed by atoms with Crippen LogP contribution in [0.15, 0.2) is 30.3 Å². The van der Waals surface area contributed by atoms with Gasteiger partial charge in [0.1, 0.15) is 12.2 Å². The molecule has 4 heterocycles. The number of aromatic nitrogens is 2. The van der Waals surface area contributed by atoms with Gasteiger partial charge in [0.25, 0.3) is 0 Å². The van der Waals surface area contributed by atoms with Gasteiger partial charge in [0.15, 0.2) is 0 Å². The molecule has 39 heavy (non-hydrogen) atoms. The van der Waals surface area contributed by atoms with E-state index >= 15 is 0 Å². The fourth-order valence-corrected chi connectivity index (χ4v) is 6.84. The molecule has 2 saturated heterocycles. The molecule has 11 heteroatoms. The normalized spacial score (nSPS) is 23.8. The highest BCUT2D eigenvalue weighted by molar-refractivity contribution is 5.77. The molecule has 2 aromatic rings. The van der Waals surface area contributed by atoms with Crippen LogP contribution in [0.5, 0.6) is 0 Å². The van der Waals surface area contributed by atoms with Gasteiger partial charge in [-0.3, -0.25) is 9.69 Å². The summed E-state index contributed by atoms with van der Waals surface area (Å²) in [6.07, 6.45) is -0.900. The number of alkyl halides is 3. The maximum Gasteiger partial charge on any atom is 0.409 e. The Hall–Kier alpha value is -3.08. The molecule has 2 fully saturated rings. The van der Waals surface area contributed by atoms with Gasteiger partial charge in [-0.05, 0) is 44.6 Å². The van der Waals surface area contributed by atoms with Gasteiger partial charge >= 0.3 is 12.3 Å². The van der Waals surface area contributed by atoms with E-state index in [0.717, 1.165) is 49.2 Å². The Morgan fingerprint density at radius 3 is 2.46 bits per heavy atom. The molecule has 1 aromatic heterocycles. The third kappa shape index (κ3) is 6.08. The molecular formula is C28H36F3N5O3. The first-order chi connectivity index (χ1) is 18.6. The lowest BCUT2D eigenvalue weighted by atomic mass is 9.94. The maximum absolute atomic E-state index is 12.8. The van der Waals surface area contributed by atoms with E-state index in [0.29, 0.717) is 44.2 Å². The zero-order valence-electron chi connectivity index (χ0n) is 22.4. The average molecular weight is 548 g/mol. The van der Waals surface area contributed by atoms with Crippen molar-refractivity contribution in [2.45, 2.75) is 88.8 Å². The van der Waals surface area contributed by atoms with E-state index in [4.69, 9.17) is 9.72 Å². The van der Waals surface area contributed by atoms with Crippen LogP contribution in [-0.2, 0) is 22.5 Å². The molecule has 0 unspecified atom stereocenters. The zero-order valence-corrected chi connectivity index (χ0v) is 22.4. The molecule has 8 nitrogen and oxygen atoms in total. The van der Waals surface area contributed by atoms with Crippen molar-refractivity contribution in [1.29, 1.82) is 0 Å². The van der Waals surface area contributed by atoms with Gasteiger partial charge in [-0.15, -0.1) is 0 Å². The van der Waals surface area contributed by atoms with Gasteiger partial charge in [-0.1, -0.05) is 30.3 Å². The van der Waals surface area contributed by atoms with E-state index < -0.39 is 24.5 Å². The monoisotopic (exact) mass is 547 g/mol. The smallest absolute Gasteiger partial charge is 0.409 e. The number of carbonyl (C=O) groups is 2. The van der Waals surface area contributed by atoms with Crippen LogP contribution in [0.25, 0.3) is 0 Å². The first-order valence-corrected chi connectivity index (χ1v) is 13.7. The Bertz CT molecular complexity index is 1170. The van der Waals surface area contributed by atoms with Gasteiger partial charge in [0, 0.05) is 43.3 Å². The topological polar surface area (TPSA) is 79.7 Å². The number of nitrogens with one attached hydrogen (secondary N) is 1. The number of ether oxygens (including phenoxy) is 1.